The Morgan fingerprint density at radius 3 is 2.39 bits per heavy atom. The van der Waals surface area contributed by atoms with E-state index in [9.17, 15) is 13.2 Å². The van der Waals surface area contributed by atoms with E-state index in [2.05, 4.69) is 10.0 Å². The predicted molar refractivity (Wildman–Crippen MR) is 91.2 cm³/mol. The van der Waals surface area contributed by atoms with E-state index in [1.165, 1.54) is 12.1 Å². The molecule has 0 spiro atoms. The summed E-state index contributed by atoms with van der Waals surface area (Å²) in [6, 6.07) is 11.5. The summed E-state index contributed by atoms with van der Waals surface area (Å²) in [6.45, 7) is 3.33. The molecule has 122 valence electrons. The fraction of sp³-hybridized carbons (Fsp3) is 0.188. The Morgan fingerprint density at radius 2 is 1.74 bits per heavy atom. The number of carbonyl (C=O) groups excluding carboxylic acids is 1. The van der Waals surface area contributed by atoms with Crippen molar-refractivity contribution in [3.05, 3.63) is 58.6 Å². The van der Waals surface area contributed by atoms with Crippen LogP contribution in [0, 0.1) is 13.8 Å². The molecule has 2 aromatic carbocycles. The number of amides is 1. The van der Waals surface area contributed by atoms with Crippen molar-refractivity contribution >= 4 is 33.2 Å². The van der Waals surface area contributed by atoms with Crippen molar-refractivity contribution in [3.63, 3.8) is 0 Å². The molecule has 23 heavy (non-hydrogen) atoms. The Morgan fingerprint density at radius 1 is 1.09 bits per heavy atom. The Hall–Kier alpha value is -1.89. The number of hydrogen-bond donors (Lipinski definition) is 2. The van der Waals surface area contributed by atoms with Gasteiger partial charge in [0.25, 0.3) is 0 Å². The summed E-state index contributed by atoms with van der Waals surface area (Å²) >= 11 is 5.88. The number of benzene rings is 2. The zero-order chi connectivity index (χ0) is 17.0. The number of nitrogens with one attached hydrogen (secondary N) is 2. The molecule has 0 fully saturated rings. The molecule has 0 radical (unpaired) electrons. The van der Waals surface area contributed by atoms with Crippen LogP contribution in [0.15, 0.2) is 47.4 Å². The lowest BCUT2D eigenvalue weighted by molar-refractivity contribution is -0.115. The highest BCUT2D eigenvalue weighted by Gasteiger charge is 2.15. The van der Waals surface area contributed by atoms with Crippen molar-refractivity contribution in [2.75, 3.05) is 11.9 Å². The molecule has 0 saturated carbocycles. The van der Waals surface area contributed by atoms with Crippen molar-refractivity contribution in [1.29, 1.82) is 0 Å². The normalized spacial score (nSPS) is 11.3. The van der Waals surface area contributed by atoms with Crippen LogP contribution in [0.5, 0.6) is 0 Å². The third kappa shape index (κ3) is 4.79. The molecule has 0 saturated heterocycles. The van der Waals surface area contributed by atoms with Gasteiger partial charge in [0, 0.05) is 10.7 Å². The maximum Gasteiger partial charge on any atom is 0.241 e. The van der Waals surface area contributed by atoms with Crippen molar-refractivity contribution in [3.8, 4) is 0 Å². The van der Waals surface area contributed by atoms with E-state index in [0.717, 1.165) is 11.1 Å². The van der Waals surface area contributed by atoms with E-state index in [-0.39, 0.29) is 11.4 Å². The fourth-order valence-electron chi connectivity index (χ4n) is 1.88. The van der Waals surface area contributed by atoms with Crippen molar-refractivity contribution in [1.82, 2.24) is 4.72 Å². The Bertz CT molecular complexity index is 818. The van der Waals surface area contributed by atoms with Crippen LogP contribution < -0.4 is 10.0 Å². The van der Waals surface area contributed by atoms with Gasteiger partial charge >= 0.3 is 0 Å². The smallest absolute Gasteiger partial charge is 0.241 e. The van der Waals surface area contributed by atoms with E-state index < -0.39 is 15.9 Å². The Balaban J connectivity index is 2.01. The number of halogens is 1. The first kappa shape index (κ1) is 17.5. The first-order valence-corrected chi connectivity index (χ1v) is 8.76. The Kier molecular flexibility index (Phi) is 5.41. The molecule has 0 aliphatic carbocycles. The van der Waals surface area contributed by atoms with Gasteiger partial charge in [-0.1, -0.05) is 35.4 Å². The molecule has 1 amide bonds. The maximum absolute atomic E-state index is 12.1. The number of rotatable bonds is 5. The van der Waals surface area contributed by atoms with E-state index >= 15 is 0 Å². The molecule has 0 aliphatic rings. The Labute approximate surface area is 140 Å². The minimum atomic E-state index is -3.72. The molecule has 7 heteroatoms. The number of aryl methyl sites for hydroxylation is 2. The quantitative estimate of drug-likeness (QED) is 0.868. The molecule has 0 unspecified atom stereocenters. The first-order valence-electron chi connectivity index (χ1n) is 6.90. The minimum Gasteiger partial charge on any atom is -0.325 e. The van der Waals surface area contributed by atoms with Gasteiger partial charge in [-0.3, -0.25) is 4.79 Å². The molecular formula is C16H17ClN2O3S. The van der Waals surface area contributed by atoms with Gasteiger partial charge in [-0.2, -0.15) is 0 Å². The third-order valence-corrected chi connectivity index (χ3v) is 4.88. The molecule has 2 rings (SSSR count). The lowest BCUT2D eigenvalue weighted by atomic mass is 10.2. The number of sulfonamides is 1. The van der Waals surface area contributed by atoms with Gasteiger partial charge in [0.2, 0.25) is 15.9 Å². The van der Waals surface area contributed by atoms with Gasteiger partial charge in [-0.15, -0.1) is 0 Å². The van der Waals surface area contributed by atoms with Gasteiger partial charge in [-0.05, 0) is 43.7 Å². The van der Waals surface area contributed by atoms with E-state index in [1.54, 1.807) is 30.3 Å². The molecular weight excluding hydrogens is 336 g/mol. The van der Waals surface area contributed by atoms with Crippen LogP contribution in [0.2, 0.25) is 5.02 Å². The zero-order valence-corrected chi connectivity index (χ0v) is 14.3. The lowest BCUT2D eigenvalue weighted by Gasteiger charge is -2.10. The highest BCUT2D eigenvalue weighted by atomic mass is 35.5. The lowest BCUT2D eigenvalue weighted by Crippen LogP contribution is -2.33. The zero-order valence-electron chi connectivity index (χ0n) is 12.8. The first-order chi connectivity index (χ1) is 10.8. The van der Waals surface area contributed by atoms with Crippen LogP contribution in [-0.2, 0) is 14.8 Å². The van der Waals surface area contributed by atoms with Gasteiger partial charge in [0.1, 0.15) is 0 Å². The van der Waals surface area contributed by atoms with Crippen LogP contribution in [-0.4, -0.2) is 20.9 Å². The van der Waals surface area contributed by atoms with E-state index in [1.807, 2.05) is 13.8 Å². The summed E-state index contributed by atoms with van der Waals surface area (Å²) in [5.74, 6) is -0.467. The van der Waals surface area contributed by atoms with Crippen LogP contribution in [0.3, 0.4) is 0 Å². The van der Waals surface area contributed by atoms with Gasteiger partial charge in [0.05, 0.1) is 11.4 Å². The van der Waals surface area contributed by atoms with Crippen molar-refractivity contribution in [2.24, 2.45) is 0 Å². The van der Waals surface area contributed by atoms with Gasteiger partial charge < -0.3 is 5.32 Å². The second-order valence-electron chi connectivity index (χ2n) is 5.15. The SMILES string of the molecule is Cc1ccc(S(=O)(=O)NCC(=O)Nc2cc(Cl)ccc2C)cc1. The monoisotopic (exact) mass is 352 g/mol. The van der Waals surface area contributed by atoms with Crippen molar-refractivity contribution in [2.45, 2.75) is 18.7 Å². The van der Waals surface area contributed by atoms with Gasteiger partial charge in [0.15, 0.2) is 0 Å². The molecule has 2 aromatic rings. The standard InChI is InChI=1S/C16H17ClN2O3S/c1-11-3-7-14(8-4-11)23(21,22)18-10-16(20)19-15-9-13(17)6-5-12(15)2/h3-9,18H,10H2,1-2H3,(H,19,20). The van der Waals surface area contributed by atoms with E-state index in [0.29, 0.717) is 10.7 Å². The predicted octanol–water partition coefficient (Wildman–Crippen LogP) is 2.87. The second-order valence-corrected chi connectivity index (χ2v) is 7.35. The highest BCUT2D eigenvalue weighted by Crippen LogP contribution is 2.20. The number of anilines is 1. The maximum atomic E-state index is 12.1. The van der Waals surface area contributed by atoms with E-state index in [4.69, 9.17) is 11.6 Å². The molecule has 0 aromatic heterocycles. The summed E-state index contributed by atoms with van der Waals surface area (Å²) in [6.07, 6.45) is 0. The molecule has 0 atom stereocenters. The van der Waals surface area contributed by atoms with Crippen LogP contribution >= 0.6 is 11.6 Å². The van der Waals surface area contributed by atoms with Crippen LogP contribution in [0.1, 0.15) is 11.1 Å². The summed E-state index contributed by atoms with van der Waals surface area (Å²) in [4.78, 5) is 12.0. The third-order valence-electron chi connectivity index (χ3n) is 3.23. The summed E-state index contributed by atoms with van der Waals surface area (Å²) in [7, 11) is -3.72. The molecule has 0 heterocycles. The minimum absolute atomic E-state index is 0.120. The highest BCUT2D eigenvalue weighted by molar-refractivity contribution is 7.89. The fourth-order valence-corrected chi connectivity index (χ4v) is 3.04. The second kappa shape index (κ2) is 7.12. The number of carbonyl (C=O) groups is 1. The molecule has 0 aliphatic heterocycles. The molecule has 2 N–H and O–H groups in total. The van der Waals surface area contributed by atoms with Crippen LogP contribution in [0.25, 0.3) is 0 Å². The topological polar surface area (TPSA) is 75.3 Å². The summed E-state index contributed by atoms with van der Waals surface area (Å²) < 4.78 is 26.5. The summed E-state index contributed by atoms with van der Waals surface area (Å²) in [5.41, 5.74) is 2.35. The average molecular weight is 353 g/mol. The van der Waals surface area contributed by atoms with Crippen molar-refractivity contribution < 1.29 is 13.2 Å². The molecule has 5 nitrogen and oxygen atoms in total. The summed E-state index contributed by atoms with van der Waals surface area (Å²) in [5, 5.41) is 3.13. The largest absolute Gasteiger partial charge is 0.325 e. The van der Waals surface area contributed by atoms with Crippen LogP contribution in [0.4, 0.5) is 5.69 Å². The van der Waals surface area contributed by atoms with Gasteiger partial charge in [-0.25, -0.2) is 13.1 Å². The average Bonchev–Trinajstić information content (AvgIpc) is 2.49. The molecule has 0 bridgehead atoms. The number of hydrogen-bond acceptors (Lipinski definition) is 3.